The van der Waals surface area contributed by atoms with Gasteiger partial charge in [-0.15, -0.1) is 0 Å². The van der Waals surface area contributed by atoms with Crippen molar-refractivity contribution < 1.29 is 27.5 Å². The number of carbonyl (C=O) groups excluding carboxylic acids is 3. The molecule has 1 atom stereocenters. The van der Waals surface area contributed by atoms with Crippen molar-refractivity contribution in [2.24, 2.45) is 5.41 Å². The van der Waals surface area contributed by atoms with Crippen molar-refractivity contribution in [1.29, 1.82) is 0 Å². The van der Waals surface area contributed by atoms with Gasteiger partial charge in [0.2, 0.25) is 21.8 Å². The number of likely N-dealkylation sites (tertiary alicyclic amines) is 1. The molecule has 2 saturated heterocycles. The second-order valence-electron chi connectivity index (χ2n) is 11.6. The van der Waals surface area contributed by atoms with Crippen molar-refractivity contribution in [1.82, 2.24) is 14.5 Å². The minimum absolute atomic E-state index is 0.0259. The molecular formula is C27H41N3O6S. The molecule has 2 heterocycles. The molecule has 1 spiro atoms. The van der Waals surface area contributed by atoms with E-state index < -0.39 is 27.6 Å². The lowest BCUT2D eigenvalue weighted by atomic mass is 9.78. The lowest BCUT2D eigenvalue weighted by Crippen LogP contribution is -2.49. The molecule has 0 saturated carbocycles. The Kier molecular flexibility index (Phi) is 8.74. The summed E-state index contributed by atoms with van der Waals surface area (Å²) in [6.45, 7) is 12.3. The lowest BCUT2D eigenvalue weighted by Gasteiger charge is -2.39. The Morgan fingerprint density at radius 2 is 1.70 bits per heavy atom. The van der Waals surface area contributed by atoms with Crippen LogP contribution in [0.2, 0.25) is 0 Å². The molecule has 0 bridgehead atoms. The molecule has 1 unspecified atom stereocenters. The number of carbonyl (C=O) groups is 3. The predicted octanol–water partition coefficient (Wildman–Crippen LogP) is 2.93. The lowest BCUT2D eigenvalue weighted by molar-refractivity contribution is -0.155. The molecule has 2 aliphatic rings. The van der Waals surface area contributed by atoms with E-state index in [0.717, 1.165) is 17.5 Å². The number of esters is 1. The summed E-state index contributed by atoms with van der Waals surface area (Å²) in [5, 5.41) is 2.70. The Hall–Kier alpha value is -2.46. The van der Waals surface area contributed by atoms with Crippen LogP contribution < -0.4 is 5.32 Å². The highest BCUT2D eigenvalue weighted by atomic mass is 32.2. The first-order valence-corrected chi connectivity index (χ1v) is 14.4. The average molecular weight is 536 g/mol. The Morgan fingerprint density at radius 1 is 1.08 bits per heavy atom. The van der Waals surface area contributed by atoms with E-state index >= 15 is 0 Å². The molecule has 2 amide bonds. The number of hydrogen-bond donors (Lipinski definition) is 1. The third-order valence-corrected chi connectivity index (χ3v) is 9.27. The number of nitrogens with zero attached hydrogens (tertiary/aromatic N) is 2. The summed E-state index contributed by atoms with van der Waals surface area (Å²) in [6.07, 6.45) is 2.32. The average Bonchev–Trinajstić information content (AvgIpc) is 3.20. The second kappa shape index (κ2) is 11.1. The smallest absolute Gasteiger partial charge is 0.306 e. The molecule has 0 aromatic heterocycles. The molecular weight excluding hydrogens is 494 g/mol. The maximum Gasteiger partial charge on any atom is 0.306 e. The molecule has 10 heteroatoms. The number of benzene rings is 1. The molecule has 3 rings (SSSR count). The molecule has 0 radical (unpaired) electrons. The molecule has 37 heavy (non-hydrogen) atoms. The first kappa shape index (κ1) is 29.1. The third-order valence-electron chi connectivity index (χ3n) is 7.23. The topological polar surface area (TPSA) is 113 Å². The molecule has 2 aliphatic heterocycles. The van der Waals surface area contributed by atoms with Gasteiger partial charge in [0, 0.05) is 39.5 Å². The zero-order valence-corrected chi connectivity index (χ0v) is 23.7. The summed E-state index contributed by atoms with van der Waals surface area (Å²) in [7, 11) is -3.59. The monoisotopic (exact) mass is 535 g/mol. The van der Waals surface area contributed by atoms with E-state index in [0.29, 0.717) is 43.9 Å². The highest BCUT2D eigenvalue weighted by molar-refractivity contribution is 7.89. The Labute approximate surface area is 221 Å². The van der Waals surface area contributed by atoms with Crippen molar-refractivity contribution in [3.05, 3.63) is 29.3 Å². The highest BCUT2D eigenvalue weighted by Crippen LogP contribution is 2.42. The number of amides is 2. The van der Waals surface area contributed by atoms with Crippen LogP contribution in [0, 0.1) is 19.3 Å². The number of piperidine rings is 1. The molecule has 1 aromatic rings. The minimum atomic E-state index is -3.59. The predicted molar refractivity (Wildman–Crippen MR) is 140 cm³/mol. The standard InChI is InChI=1S/C27H41N3O6S/c1-19-7-8-20(2)23(17-19)37(34,35)30-15-12-27(13-16-30)11-14-29(18-27)25(33)22(28-21(3)31)9-10-24(32)36-26(4,5)6/h7-8,17,22H,9-16,18H2,1-6H3,(H,28,31). The maximum absolute atomic E-state index is 13.3. The summed E-state index contributed by atoms with van der Waals surface area (Å²) in [4.78, 5) is 39.4. The van der Waals surface area contributed by atoms with Gasteiger partial charge in [-0.2, -0.15) is 4.31 Å². The summed E-state index contributed by atoms with van der Waals surface area (Å²) < 4.78 is 33.6. The molecule has 206 valence electrons. The third kappa shape index (κ3) is 7.31. The van der Waals surface area contributed by atoms with Crippen LogP contribution in [0.5, 0.6) is 0 Å². The second-order valence-corrected chi connectivity index (χ2v) is 13.5. The minimum Gasteiger partial charge on any atom is -0.460 e. The zero-order chi connectivity index (χ0) is 27.6. The number of ether oxygens (including phenoxy) is 1. The van der Waals surface area contributed by atoms with Crippen LogP contribution >= 0.6 is 0 Å². The van der Waals surface area contributed by atoms with Crippen LogP contribution in [-0.2, 0) is 29.1 Å². The van der Waals surface area contributed by atoms with Crippen LogP contribution in [0.4, 0.5) is 0 Å². The molecule has 0 aliphatic carbocycles. The van der Waals surface area contributed by atoms with E-state index in [9.17, 15) is 22.8 Å². The van der Waals surface area contributed by atoms with Gasteiger partial charge in [-0.05, 0) is 82.9 Å². The van der Waals surface area contributed by atoms with Gasteiger partial charge in [-0.25, -0.2) is 8.42 Å². The van der Waals surface area contributed by atoms with Crippen molar-refractivity contribution in [2.75, 3.05) is 26.2 Å². The Balaban J connectivity index is 1.62. The number of nitrogens with one attached hydrogen (secondary N) is 1. The van der Waals surface area contributed by atoms with Crippen molar-refractivity contribution in [2.45, 2.75) is 90.2 Å². The van der Waals surface area contributed by atoms with E-state index in [2.05, 4.69) is 5.32 Å². The fraction of sp³-hybridized carbons (Fsp3) is 0.667. The summed E-state index contributed by atoms with van der Waals surface area (Å²) in [5.74, 6) is -0.951. The summed E-state index contributed by atoms with van der Waals surface area (Å²) in [5.41, 5.74) is 0.878. The zero-order valence-electron chi connectivity index (χ0n) is 22.9. The Bertz CT molecular complexity index is 1130. The van der Waals surface area contributed by atoms with Crippen LogP contribution in [0.15, 0.2) is 23.1 Å². The van der Waals surface area contributed by atoms with E-state index in [4.69, 9.17) is 4.74 Å². The summed E-state index contributed by atoms with van der Waals surface area (Å²) in [6, 6.07) is 4.67. The van der Waals surface area contributed by atoms with Gasteiger partial charge in [-0.3, -0.25) is 14.4 Å². The quantitative estimate of drug-likeness (QED) is 0.537. The van der Waals surface area contributed by atoms with Crippen LogP contribution in [0.25, 0.3) is 0 Å². The number of rotatable bonds is 7. The highest BCUT2D eigenvalue weighted by Gasteiger charge is 2.45. The van der Waals surface area contributed by atoms with E-state index in [-0.39, 0.29) is 30.1 Å². The van der Waals surface area contributed by atoms with Crippen LogP contribution in [-0.4, -0.2) is 73.2 Å². The van der Waals surface area contributed by atoms with Crippen molar-refractivity contribution in [3.8, 4) is 0 Å². The fourth-order valence-corrected chi connectivity index (χ4v) is 6.99. The van der Waals surface area contributed by atoms with E-state index in [1.54, 1.807) is 36.0 Å². The van der Waals surface area contributed by atoms with Crippen LogP contribution in [0.1, 0.15) is 70.9 Å². The van der Waals surface area contributed by atoms with Gasteiger partial charge in [0.05, 0.1) is 4.90 Å². The number of aryl methyl sites for hydroxylation is 2. The van der Waals surface area contributed by atoms with Gasteiger partial charge in [0.25, 0.3) is 0 Å². The van der Waals surface area contributed by atoms with Gasteiger partial charge in [0.15, 0.2) is 0 Å². The first-order valence-electron chi connectivity index (χ1n) is 13.0. The molecule has 1 aromatic carbocycles. The molecule has 9 nitrogen and oxygen atoms in total. The van der Waals surface area contributed by atoms with E-state index in [1.165, 1.54) is 6.92 Å². The van der Waals surface area contributed by atoms with Crippen molar-refractivity contribution in [3.63, 3.8) is 0 Å². The van der Waals surface area contributed by atoms with Gasteiger partial charge in [-0.1, -0.05) is 12.1 Å². The molecule has 2 fully saturated rings. The Morgan fingerprint density at radius 3 is 2.30 bits per heavy atom. The number of sulfonamides is 1. The van der Waals surface area contributed by atoms with Crippen molar-refractivity contribution >= 4 is 27.8 Å². The van der Waals surface area contributed by atoms with Gasteiger partial charge >= 0.3 is 5.97 Å². The largest absolute Gasteiger partial charge is 0.460 e. The SMILES string of the molecule is CC(=O)NC(CCC(=O)OC(C)(C)C)C(=O)N1CCC2(CCN(S(=O)(=O)c3cc(C)ccc3C)CC2)C1. The van der Waals surface area contributed by atoms with Crippen LogP contribution in [0.3, 0.4) is 0 Å². The van der Waals surface area contributed by atoms with Gasteiger partial charge in [0.1, 0.15) is 11.6 Å². The first-order chi connectivity index (χ1) is 17.1. The fourth-order valence-electron chi connectivity index (χ4n) is 5.23. The maximum atomic E-state index is 13.3. The number of hydrogen-bond acceptors (Lipinski definition) is 6. The summed E-state index contributed by atoms with van der Waals surface area (Å²) >= 11 is 0. The van der Waals surface area contributed by atoms with Gasteiger partial charge < -0.3 is 15.0 Å². The molecule has 1 N–H and O–H groups in total. The normalized spacial score (nSPS) is 19.0. The van der Waals surface area contributed by atoms with E-state index in [1.807, 2.05) is 26.0 Å².